The molecule has 1 fully saturated rings. The number of aromatic hydroxyl groups is 1. The van der Waals surface area contributed by atoms with Gasteiger partial charge < -0.3 is 14.6 Å². The van der Waals surface area contributed by atoms with E-state index in [2.05, 4.69) is 4.90 Å². The predicted molar refractivity (Wildman–Crippen MR) is 93.3 cm³/mol. The summed E-state index contributed by atoms with van der Waals surface area (Å²) in [5, 5.41) is 10.2. The summed E-state index contributed by atoms with van der Waals surface area (Å²) in [7, 11) is 1.99. The number of benzene rings is 1. The Bertz CT molecular complexity index is 851. The monoisotopic (exact) mass is 366 g/mol. The average molecular weight is 366 g/mol. The maximum Gasteiger partial charge on any atom is 0.416 e. The van der Waals surface area contributed by atoms with Gasteiger partial charge >= 0.3 is 6.18 Å². The lowest BCUT2D eigenvalue weighted by Gasteiger charge is -2.31. The van der Waals surface area contributed by atoms with E-state index in [0.29, 0.717) is 6.07 Å². The fraction of sp³-hybridized carbons (Fsp3) is 0.421. The van der Waals surface area contributed by atoms with E-state index in [-0.39, 0.29) is 28.3 Å². The van der Waals surface area contributed by atoms with Crippen LogP contribution in [-0.4, -0.2) is 34.7 Å². The lowest BCUT2D eigenvalue weighted by atomic mass is 9.97. The summed E-state index contributed by atoms with van der Waals surface area (Å²) >= 11 is 0. The van der Waals surface area contributed by atoms with Crippen molar-refractivity contribution in [2.45, 2.75) is 32.0 Å². The summed E-state index contributed by atoms with van der Waals surface area (Å²) in [5.74, 6) is -0.534. The van der Waals surface area contributed by atoms with Crippen molar-refractivity contribution < 1.29 is 18.3 Å². The van der Waals surface area contributed by atoms with Gasteiger partial charge in [0.15, 0.2) is 0 Å². The molecule has 1 atom stereocenters. The molecule has 2 aromatic rings. The second-order valence-corrected chi connectivity index (χ2v) is 6.88. The Labute approximate surface area is 149 Å². The molecule has 1 aromatic heterocycles. The van der Waals surface area contributed by atoms with Gasteiger partial charge in [0.05, 0.1) is 11.1 Å². The minimum Gasteiger partial charge on any atom is -0.507 e. The largest absolute Gasteiger partial charge is 0.507 e. The molecule has 1 aromatic carbocycles. The van der Waals surface area contributed by atoms with Crippen molar-refractivity contribution in [1.29, 1.82) is 0 Å². The number of aromatic nitrogens is 1. The number of rotatable bonds is 2. The van der Waals surface area contributed by atoms with Crippen LogP contribution in [0.3, 0.4) is 0 Å². The molecule has 0 aliphatic carbocycles. The van der Waals surface area contributed by atoms with Crippen LogP contribution >= 0.6 is 0 Å². The number of likely N-dealkylation sites (N-methyl/N-ethyl adjacent to an activating group) is 1. The maximum absolute atomic E-state index is 13.0. The molecule has 140 valence electrons. The number of halogens is 3. The molecule has 1 aliphatic rings. The van der Waals surface area contributed by atoms with Gasteiger partial charge in [0.2, 0.25) is 0 Å². The van der Waals surface area contributed by atoms with Crippen molar-refractivity contribution >= 4 is 0 Å². The SMILES string of the molecule is Cc1cc(C(F)(F)F)cc(O)c1-c1cccn([C@@H]2CCCN(C)C2)c1=O. The van der Waals surface area contributed by atoms with Gasteiger partial charge in [-0.2, -0.15) is 13.2 Å². The molecular weight excluding hydrogens is 345 g/mol. The molecule has 1 aliphatic heterocycles. The van der Waals surface area contributed by atoms with Crippen molar-refractivity contribution in [2.75, 3.05) is 20.1 Å². The maximum atomic E-state index is 13.0. The van der Waals surface area contributed by atoms with Crippen LogP contribution in [0.5, 0.6) is 5.75 Å². The highest BCUT2D eigenvalue weighted by atomic mass is 19.4. The number of phenolic OH excluding ortho intramolecular Hbond substituents is 1. The molecule has 4 nitrogen and oxygen atoms in total. The quantitative estimate of drug-likeness (QED) is 0.879. The predicted octanol–water partition coefficient (Wildman–Crippen LogP) is 3.81. The number of hydrogen-bond donors (Lipinski definition) is 1. The van der Waals surface area contributed by atoms with Crippen molar-refractivity contribution in [1.82, 2.24) is 9.47 Å². The molecular formula is C19H21F3N2O2. The normalized spacial score (nSPS) is 18.9. The fourth-order valence-corrected chi connectivity index (χ4v) is 3.64. The Balaban J connectivity index is 2.08. The van der Waals surface area contributed by atoms with Crippen molar-refractivity contribution in [3.8, 4) is 16.9 Å². The van der Waals surface area contributed by atoms with E-state index in [1.807, 2.05) is 7.05 Å². The summed E-state index contributed by atoms with van der Waals surface area (Å²) in [4.78, 5) is 15.1. The number of nitrogens with zero attached hydrogens (tertiary/aromatic N) is 2. The molecule has 0 amide bonds. The molecule has 0 saturated carbocycles. The summed E-state index contributed by atoms with van der Waals surface area (Å²) in [6.07, 6.45) is -1.01. The lowest BCUT2D eigenvalue weighted by Crippen LogP contribution is -2.37. The third-order valence-corrected chi connectivity index (χ3v) is 4.88. The minimum absolute atomic E-state index is 0.0121. The van der Waals surface area contributed by atoms with Crippen LogP contribution in [0, 0.1) is 6.92 Å². The second-order valence-electron chi connectivity index (χ2n) is 6.88. The van der Waals surface area contributed by atoms with E-state index >= 15 is 0 Å². The van der Waals surface area contributed by atoms with Gasteiger partial charge in [0.25, 0.3) is 5.56 Å². The zero-order chi connectivity index (χ0) is 19.1. The zero-order valence-electron chi connectivity index (χ0n) is 14.7. The number of likely N-dealkylation sites (tertiary alicyclic amines) is 1. The Kier molecular flexibility index (Phi) is 4.84. The van der Waals surface area contributed by atoms with Gasteiger partial charge in [-0.3, -0.25) is 4.79 Å². The first-order chi connectivity index (χ1) is 12.2. The first-order valence-electron chi connectivity index (χ1n) is 8.49. The van der Waals surface area contributed by atoms with E-state index in [1.54, 1.807) is 22.9 Å². The molecule has 0 radical (unpaired) electrons. The third kappa shape index (κ3) is 3.49. The number of pyridine rings is 1. The van der Waals surface area contributed by atoms with Crippen LogP contribution < -0.4 is 5.56 Å². The molecule has 7 heteroatoms. The topological polar surface area (TPSA) is 45.5 Å². The zero-order valence-corrected chi connectivity index (χ0v) is 14.7. The average Bonchev–Trinajstić information content (AvgIpc) is 2.55. The Morgan fingerprint density at radius 3 is 2.62 bits per heavy atom. The molecule has 1 N–H and O–H groups in total. The van der Waals surface area contributed by atoms with Gasteiger partial charge in [-0.05, 0) is 63.2 Å². The van der Waals surface area contributed by atoms with E-state index in [9.17, 15) is 23.1 Å². The van der Waals surface area contributed by atoms with E-state index < -0.39 is 17.5 Å². The molecule has 0 bridgehead atoms. The van der Waals surface area contributed by atoms with Crippen LogP contribution in [0.4, 0.5) is 13.2 Å². The fourth-order valence-electron chi connectivity index (χ4n) is 3.64. The number of phenols is 1. The van der Waals surface area contributed by atoms with Crippen LogP contribution in [0.2, 0.25) is 0 Å². The van der Waals surface area contributed by atoms with Crippen LogP contribution in [0.15, 0.2) is 35.3 Å². The van der Waals surface area contributed by atoms with Gasteiger partial charge in [-0.25, -0.2) is 0 Å². The first-order valence-corrected chi connectivity index (χ1v) is 8.49. The van der Waals surface area contributed by atoms with Crippen molar-refractivity contribution in [3.63, 3.8) is 0 Å². The molecule has 26 heavy (non-hydrogen) atoms. The summed E-state index contributed by atoms with van der Waals surface area (Å²) in [6, 6.07) is 4.88. The number of alkyl halides is 3. The summed E-state index contributed by atoms with van der Waals surface area (Å²) < 4.78 is 40.4. The standard InChI is InChI=1S/C19H21F3N2O2/c1-12-9-13(19(20,21)22)10-16(25)17(12)15-6-4-8-24(18(15)26)14-5-3-7-23(2)11-14/h4,6,8-10,14,25H,3,5,7,11H2,1-2H3/t14-/m1/s1. The molecule has 0 spiro atoms. The van der Waals surface area contributed by atoms with Crippen LogP contribution in [0.25, 0.3) is 11.1 Å². The third-order valence-electron chi connectivity index (χ3n) is 4.88. The van der Waals surface area contributed by atoms with Crippen molar-refractivity contribution in [2.24, 2.45) is 0 Å². The van der Waals surface area contributed by atoms with E-state index in [4.69, 9.17) is 0 Å². The lowest BCUT2D eigenvalue weighted by molar-refractivity contribution is -0.137. The van der Waals surface area contributed by atoms with Gasteiger partial charge in [-0.1, -0.05) is 0 Å². The first kappa shape index (κ1) is 18.5. The second kappa shape index (κ2) is 6.79. The van der Waals surface area contributed by atoms with Crippen molar-refractivity contribution in [3.05, 3.63) is 51.9 Å². The number of aryl methyl sites for hydroxylation is 1. The Morgan fingerprint density at radius 2 is 2.00 bits per heavy atom. The number of hydrogen-bond acceptors (Lipinski definition) is 3. The highest BCUT2D eigenvalue weighted by Gasteiger charge is 2.32. The number of piperidine rings is 1. The van der Waals surface area contributed by atoms with Crippen LogP contribution in [-0.2, 0) is 6.18 Å². The molecule has 1 saturated heterocycles. The van der Waals surface area contributed by atoms with Gasteiger partial charge in [0.1, 0.15) is 5.75 Å². The Hall–Kier alpha value is -2.28. The smallest absolute Gasteiger partial charge is 0.416 e. The molecule has 2 heterocycles. The minimum atomic E-state index is -4.55. The van der Waals surface area contributed by atoms with E-state index in [1.165, 1.54) is 6.92 Å². The van der Waals surface area contributed by atoms with Crippen LogP contribution in [0.1, 0.15) is 30.0 Å². The Morgan fingerprint density at radius 1 is 1.27 bits per heavy atom. The van der Waals surface area contributed by atoms with Gasteiger partial charge in [-0.15, -0.1) is 0 Å². The molecule has 3 rings (SSSR count). The summed E-state index contributed by atoms with van der Waals surface area (Å²) in [6.45, 7) is 3.18. The highest BCUT2D eigenvalue weighted by molar-refractivity contribution is 5.73. The highest BCUT2D eigenvalue weighted by Crippen LogP contribution is 2.38. The summed E-state index contributed by atoms with van der Waals surface area (Å²) in [5.41, 5.74) is -0.647. The van der Waals surface area contributed by atoms with E-state index in [0.717, 1.165) is 32.0 Å². The molecule has 0 unspecified atom stereocenters. The van der Waals surface area contributed by atoms with Gasteiger partial charge in [0, 0.05) is 24.3 Å².